The molecule has 26 heavy (non-hydrogen) atoms. The fraction of sp³-hybridized carbons (Fsp3) is 0.300. The summed E-state index contributed by atoms with van der Waals surface area (Å²) in [4.78, 5) is 25.9. The number of anilines is 2. The Morgan fingerprint density at radius 1 is 1.08 bits per heavy atom. The Hall–Kier alpha value is -3.02. The van der Waals surface area contributed by atoms with Crippen LogP contribution in [0.5, 0.6) is 11.5 Å². The summed E-state index contributed by atoms with van der Waals surface area (Å²) in [6, 6.07) is 12.8. The van der Waals surface area contributed by atoms with Crippen LogP contribution in [-0.2, 0) is 9.59 Å². The molecule has 1 N–H and O–H groups in total. The van der Waals surface area contributed by atoms with Gasteiger partial charge in [0.15, 0.2) is 0 Å². The van der Waals surface area contributed by atoms with Crippen molar-refractivity contribution >= 4 is 23.2 Å². The normalized spacial score (nSPS) is 10.2. The number of nitrogens with zero attached hydrogens (tertiary/aromatic N) is 1. The smallest absolute Gasteiger partial charge is 0.226 e. The lowest BCUT2D eigenvalue weighted by Gasteiger charge is -2.21. The highest BCUT2D eigenvalue weighted by Gasteiger charge is 2.15. The average molecular weight is 356 g/mol. The summed E-state index contributed by atoms with van der Waals surface area (Å²) >= 11 is 0. The summed E-state index contributed by atoms with van der Waals surface area (Å²) < 4.78 is 10.5. The van der Waals surface area contributed by atoms with Crippen molar-refractivity contribution < 1.29 is 19.1 Å². The Labute approximate surface area is 153 Å². The number of methoxy groups -OCH3 is 2. The van der Waals surface area contributed by atoms with E-state index >= 15 is 0 Å². The molecule has 0 saturated heterocycles. The fourth-order valence-corrected chi connectivity index (χ4v) is 2.59. The van der Waals surface area contributed by atoms with Gasteiger partial charge in [0.2, 0.25) is 11.8 Å². The molecule has 2 aromatic carbocycles. The van der Waals surface area contributed by atoms with E-state index in [2.05, 4.69) is 5.32 Å². The second-order valence-electron chi connectivity index (χ2n) is 5.87. The van der Waals surface area contributed by atoms with E-state index in [1.165, 1.54) is 6.92 Å². The van der Waals surface area contributed by atoms with Crippen molar-refractivity contribution in [2.45, 2.75) is 20.3 Å². The van der Waals surface area contributed by atoms with Gasteiger partial charge < -0.3 is 19.7 Å². The van der Waals surface area contributed by atoms with Crippen LogP contribution >= 0.6 is 0 Å². The van der Waals surface area contributed by atoms with Gasteiger partial charge in [0.05, 0.1) is 19.9 Å². The van der Waals surface area contributed by atoms with Crippen molar-refractivity contribution in [3.05, 3.63) is 48.0 Å². The Bertz CT molecular complexity index is 789. The van der Waals surface area contributed by atoms with Crippen LogP contribution in [-0.4, -0.2) is 32.6 Å². The lowest BCUT2D eigenvalue weighted by molar-refractivity contribution is -0.117. The van der Waals surface area contributed by atoms with Gasteiger partial charge in [-0.15, -0.1) is 0 Å². The van der Waals surface area contributed by atoms with Crippen molar-refractivity contribution in [1.29, 1.82) is 0 Å². The molecule has 0 aliphatic rings. The first kappa shape index (κ1) is 19.3. The summed E-state index contributed by atoms with van der Waals surface area (Å²) in [5.74, 6) is 0.921. The zero-order valence-corrected chi connectivity index (χ0v) is 15.5. The van der Waals surface area contributed by atoms with Crippen molar-refractivity contribution in [1.82, 2.24) is 0 Å². The molecule has 0 heterocycles. The third-order valence-corrected chi connectivity index (χ3v) is 3.94. The first-order chi connectivity index (χ1) is 12.4. The van der Waals surface area contributed by atoms with Crippen LogP contribution in [0, 0.1) is 6.92 Å². The second kappa shape index (κ2) is 8.89. The van der Waals surface area contributed by atoms with Gasteiger partial charge in [-0.3, -0.25) is 9.59 Å². The molecule has 6 heteroatoms. The average Bonchev–Trinajstić information content (AvgIpc) is 2.62. The minimum Gasteiger partial charge on any atom is -0.497 e. The van der Waals surface area contributed by atoms with Crippen molar-refractivity contribution in [3.8, 4) is 11.5 Å². The summed E-state index contributed by atoms with van der Waals surface area (Å²) in [5.41, 5.74) is 2.33. The maximum Gasteiger partial charge on any atom is 0.226 e. The van der Waals surface area contributed by atoms with E-state index < -0.39 is 0 Å². The van der Waals surface area contributed by atoms with Crippen LogP contribution in [0.4, 0.5) is 11.4 Å². The number of hydrogen-bond acceptors (Lipinski definition) is 4. The third-order valence-electron chi connectivity index (χ3n) is 3.94. The van der Waals surface area contributed by atoms with Crippen LogP contribution in [0.1, 0.15) is 18.9 Å². The SMILES string of the molecule is COc1cccc(N(CCC(=O)Nc2cc(C)ccc2OC)C(C)=O)c1. The fourth-order valence-electron chi connectivity index (χ4n) is 2.59. The molecule has 2 amide bonds. The summed E-state index contributed by atoms with van der Waals surface area (Å²) in [6.07, 6.45) is 0.161. The number of carbonyl (C=O) groups excluding carboxylic acids is 2. The zero-order valence-electron chi connectivity index (χ0n) is 15.5. The maximum absolute atomic E-state index is 12.3. The number of hydrogen-bond donors (Lipinski definition) is 1. The van der Waals surface area contributed by atoms with E-state index in [1.807, 2.05) is 37.3 Å². The minimum atomic E-state index is -0.192. The van der Waals surface area contributed by atoms with Crippen LogP contribution in [0.25, 0.3) is 0 Å². The van der Waals surface area contributed by atoms with Gasteiger partial charge in [0.25, 0.3) is 0 Å². The predicted octanol–water partition coefficient (Wildman–Crippen LogP) is 3.39. The van der Waals surface area contributed by atoms with E-state index in [-0.39, 0.29) is 24.8 Å². The standard InChI is InChI=1S/C20H24N2O4/c1-14-8-9-19(26-4)18(12-14)21-20(24)10-11-22(15(2)23)16-6-5-7-17(13-16)25-3/h5-9,12-13H,10-11H2,1-4H3,(H,21,24). The molecule has 0 atom stereocenters. The van der Waals surface area contributed by atoms with Crippen molar-refractivity contribution in [2.24, 2.45) is 0 Å². The molecule has 6 nitrogen and oxygen atoms in total. The molecule has 2 aromatic rings. The largest absolute Gasteiger partial charge is 0.497 e. The van der Waals surface area contributed by atoms with Gasteiger partial charge in [0.1, 0.15) is 11.5 Å². The minimum absolute atomic E-state index is 0.140. The Morgan fingerprint density at radius 2 is 1.85 bits per heavy atom. The molecule has 0 bridgehead atoms. The molecule has 0 radical (unpaired) electrons. The monoisotopic (exact) mass is 356 g/mol. The highest BCUT2D eigenvalue weighted by molar-refractivity contribution is 5.95. The van der Waals surface area contributed by atoms with Gasteiger partial charge in [0, 0.05) is 31.6 Å². The number of ether oxygens (including phenoxy) is 2. The molecule has 0 spiro atoms. The van der Waals surface area contributed by atoms with Gasteiger partial charge in [-0.1, -0.05) is 12.1 Å². The summed E-state index contributed by atoms with van der Waals surface area (Å²) in [7, 11) is 3.13. The Kier molecular flexibility index (Phi) is 6.60. The number of benzene rings is 2. The molecule has 138 valence electrons. The van der Waals surface area contributed by atoms with Crippen LogP contribution in [0.15, 0.2) is 42.5 Å². The van der Waals surface area contributed by atoms with Crippen molar-refractivity contribution in [2.75, 3.05) is 31.0 Å². The molecular formula is C20H24N2O4. The first-order valence-electron chi connectivity index (χ1n) is 8.31. The zero-order chi connectivity index (χ0) is 19.1. The molecule has 2 rings (SSSR count). The highest BCUT2D eigenvalue weighted by atomic mass is 16.5. The molecule has 0 fully saturated rings. The third kappa shape index (κ3) is 4.99. The summed E-state index contributed by atoms with van der Waals surface area (Å²) in [6.45, 7) is 3.68. The van der Waals surface area contributed by atoms with Gasteiger partial charge in [-0.05, 0) is 36.8 Å². The second-order valence-corrected chi connectivity index (χ2v) is 5.87. The van der Waals surface area contributed by atoms with E-state index in [0.29, 0.717) is 22.9 Å². The van der Waals surface area contributed by atoms with Gasteiger partial charge in [-0.25, -0.2) is 0 Å². The predicted molar refractivity (Wildman–Crippen MR) is 102 cm³/mol. The van der Waals surface area contributed by atoms with E-state index in [1.54, 1.807) is 31.3 Å². The summed E-state index contributed by atoms with van der Waals surface area (Å²) in [5, 5.41) is 2.84. The lowest BCUT2D eigenvalue weighted by atomic mass is 10.2. The van der Waals surface area contributed by atoms with E-state index in [4.69, 9.17) is 9.47 Å². The molecule has 0 saturated carbocycles. The topological polar surface area (TPSA) is 67.9 Å². The van der Waals surface area contributed by atoms with E-state index in [9.17, 15) is 9.59 Å². The van der Waals surface area contributed by atoms with Crippen LogP contribution in [0.2, 0.25) is 0 Å². The Balaban J connectivity index is 2.06. The number of aryl methyl sites for hydroxylation is 1. The van der Waals surface area contributed by atoms with Gasteiger partial charge >= 0.3 is 0 Å². The molecular weight excluding hydrogens is 332 g/mol. The van der Waals surface area contributed by atoms with Crippen LogP contribution in [0.3, 0.4) is 0 Å². The lowest BCUT2D eigenvalue weighted by Crippen LogP contribution is -2.32. The molecule has 0 aliphatic heterocycles. The van der Waals surface area contributed by atoms with Crippen LogP contribution < -0.4 is 19.7 Å². The molecule has 0 aromatic heterocycles. The molecule has 0 aliphatic carbocycles. The number of carbonyl (C=O) groups is 2. The first-order valence-corrected chi connectivity index (χ1v) is 8.31. The van der Waals surface area contributed by atoms with E-state index in [0.717, 1.165) is 5.56 Å². The number of nitrogens with one attached hydrogen (secondary N) is 1. The van der Waals surface area contributed by atoms with Gasteiger partial charge in [-0.2, -0.15) is 0 Å². The number of rotatable bonds is 7. The maximum atomic E-state index is 12.3. The Morgan fingerprint density at radius 3 is 2.50 bits per heavy atom. The highest BCUT2D eigenvalue weighted by Crippen LogP contribution is 2.25. The molecule has 0 unspecified atom stereocenters. The number of amides is 2. The van der Waals surface area contributed by atoms with Crippen molar-refractivity contribution in [3.63, 3.8) is 0 Å². The quantitative estimate of drug-likeness (QED) is 0.826.